The first kappa shape index (κ1) is 7.68. The summed E-state index contributed by atoms with van der Waals surface area (Å²) in [7, 11) is 0. The molecule has 0 radical (unpaired) electrons. The highest BCUT2D eigenvalue weighted by Gasteiger charge is 2.10. The van der Waals surface area contributed by atoms with E-state index in [1.807, 2.05) is 0 Å². The molecule has 1 aromatic rings. The Morgan fingerprint density at radius 1 is 1.80 bits per heavy atom. The molecule has 0 atom stereocenters. The van der Waals surface area contributed by atoms with Crippen molar-refractivity contribution in [1.29, 1.82) is 0 Å². The van der Waals surface area contributed by atoms with Gasteiger partial charge in [0.05, 0.1) is 0 Å². The topological polar surface area (TPSA) is 37.3 Å². The summed E-state index contributed by atoms with van der Waals surface area (Å²) < 4.78 is 12.6. The van der Waals surface area contributed by atoms with Gasteiger partial charge >= 0.3 is 5.97 Å². The quantitative estimate of drug-likeness (QED) is 0.796. The maximum absolute atomic E-state index is 12.4. The fourth-order valence-electron chi connectivity index (χ4n) is 0.452. The van der Waals surface area contributed by atoms with Crippen molar-refractivity contribution in [3.63, 3.8) is 0 Å². The first-order valence-corrected chi connectivity index (χ1v) is 3.90. The Kier molecular flexibility index (Phi) is 2.05. The van der Waals surface area contributed by atoms with Gasteiger partial charge < -0.3 is 5.11 Å². The Labute approximate surface area is 68.4 Å². The smallest absolute Gasteiger partial charge is 0.346 e. The molecule has 0 aliphatic rings. The predicted octanol–water partition coefficient (Wildman–Crippen LogP) is 2.35. The van der Waals surface area contributed by atoms with Crippen LogP contribution < -0.4 is 0 Å². The molecular weight excluding hydrogens is 223 g/mol. The fourth-order valence-corrected chi connectivity index (χ4v) is 1.69. The molecule has 1 N–H and O–H groups in total. The third kappa shape index (κ3) is 1.35. The predicted molar refractivity (Wildman–Crippen MR) is 38.9 cm³/mol. The molecule has 0 unspecified atom stereocenters. The van der Waals surface area contributed by atoms with E-state index in [4.69, 9.17) is 5.11 Å². The lowest BCUT2D eigenvalue weighted by Crippen LogP contribution is -1.89. The summed E-state index contributed by atoms with van der Waals surface area (Å²) >= 11 is 3.73. The lowest BCUT2D eigenvalue weighted by Gasteiger charge is -1.79. The van der Waals surface area contributed by atoms with E-state index >= 15 is 0 Å². The molecule has 0 saturated carbocycles. The first-order chi connectivity index (χ1) is 4.61. The van der Waals surface area contributed by atoms with Crippen molar-refractivity contribution in [2.45, 2.75) is 0 Å². The maximum Gasteiger partial charge on any atom is 0.346 e. The van der Waals surface area contributed by atoms with Crippen LogP contribution >= 0.6 is 27.3 Å². The number of carboxylic acids is 1. The number of aromatic carboxylic acids is 1. The van der Waals surface area contributed by atoms with Crippen LogP contribution in [0.25, 0.3) is 0 Å². The molecule has 0 bridgehead atoms. The second kappa shape index (κ2) is 2.67. The average molecular weight is 225 g/mol. The van der Waals surface area contributed by atoms with Crippen molar-refractivity contribution >= 4 is 33.2 Å². The molecule has 1 rings (SSSR count). The van der Waals surface area contributed by atoms with Crippen LogP contribution in [0.1, 0.15) is 9.67 Å². The number of carbonyl (C=O) groups is 1. The minimum atomic E-state index is -1.10. The van der Waals surface area contributed by atoms with Crippen molar-refractivity contribution < 1.29 is 14.3 Å². The minimum Gasteiger partial charge on any atom is -0.477 e. The van der Waals surface area contributed by atoms with Crippen molar-refractivity contribution in [2.75, 3.05) is 0 Å². The van der Waals surface area contributed by atoms with Gasteiger partial charge in [0.2, 0.25) is 0 Å². The Hall–Kier alpha value is -0.420. The van der Waals surface area contributed by atoms with Crippen LogP contribution in [0.2, 0.25) is 0 Å². The maximum atomic E-state index is 12.4. The molecule has 0 aromatic carbocycles. The summed E-state index contributed by atoms with van der Waals surface area (Å²) in [5, 5.41) is 8.35. The first-order valence-electron chi connectivity index (χ1n) is 2.29. The van der Waals surface area contributed by atoms with E-state index in [1.54, 1.807) is 0 Å². The van der Waals surface area contributed by atoms with Crippen molar-refractivity contribution in [3.05, 3.63) is 20.5 Å². The highest BCUT2D eigenvalue weighted by molar-refractivity contribution is 9.11. The SMILES string of the molecule is O=C(O)c1cc(F)c(Br)s1. The lowest BCUT2D eigenvalue weighted by molar-refractivity contribution is 0.0702. The second-order valence-electron chi connectivity index (χ2n) is 1.54. The number of hydrogen-bond acceptors (Lipinski definition) is 2. The van der Waals surface area contributed by atoms with Gasteiger partial charge in [-0.3, -0.25) is 0 Å². The summed E-state index contributed by atoms with van der Waals surface area (Å²) in [6.07, 6.45) is 0. The number of carboxylic acid groups (broad SMARTS) is 1. The van der Waals surface area contributed by atoms with E-state index < -0.39 is 11.8 Å². The molecule has 5 heteroatoms. The molecule has 0 spiro atoms. The Morgan fingerprint density at radius 2 is 2.40 bits per heavy atom. The van der Waals surface area contributed by atoms with Crippen molar-refractivity contribution in [1.82, 2.24) is 0 Å². The van der Waals surface area contributed by atoms with Crippen LogP contribution in [0.4, 0.5) is 4.39 Å². The van der Waals surface area contributed by atoms with Crippen LogP contribution in [0, 0.1) is 5.82 Å². The summed E-state index contributed by atoms with van der Waals surface area (Å²) in [4.78, 5) is 10.2. The average Bonchev–Trinajstić information content (AvgIpc) is 2.13. The molecule has 54 valence electrons. The van der Waals surface area contributed by atoms with Gasteiger partial charge in [0.1, 0.15) is 14.5 Å². The normalized spacial score (nSPS) is 9.80. The zero-order valence-corrected chi connectivity index (χ0v) is 7.00. The van der Waals surface area contributed by atoms with E-state index in [-0.39, 0.29) is 8.66 Å². The van der Waals surface area contributed by atoms with E-state index in [9.17, 15) is 9.18 Å². The number of rotatable bonds is 1. The molecule has 0 saturated heterocycles. The highest BCUT2D eigenvalue weighted by atomic mass is 79.9. The third-order valence-corrected chi connectivity index (χ3v) is 2.61. The van der Waals surface area contributed by atoms with Crippen LogP contribution in [0.3, 0.4) is 0 Å². The van der Waals surface area contributed by atoms with Gasteiger partial charge in [-0.1, -0.05) is 0 Å². The van der Waals surface area contributed by atoms with Crippen LogP contribution in [0.15, 0.2) is 9.85 Å². The van der Waals surface area contributed by atoms with Gasteiger partial charge in [0.15, 0.2) is 0 Å². The fraction of sp³-hybridized carbons (Fsp3) is 0. The van der Waals surface area contributed by atoms with Crippen molar-refractivity contribution in [3.8, 4) is 0 Å². The molecule has 10 heavy (non-hydrogen) atoms. The van der Waals surface area contributed by atoms with Gasteiger partial charge in [-0.05, 0) is 15.9 Å². The molecule has 0 amide bonds. The highest BCUT2D eigenvalue weighted by Crippen LogP contribution is 2.26. The lowest BCUT2D eigenvalue weighted by atomic mass is 10.5. The number of hydrogen-bond donors (Lipinski definition) is 1. The molecule has 0 aliphatic heterocycles. The van der Waals surface area contributed by atoms with E-state index in [0.29, 0.717) is 0 Å². The van der Waals surface area contributed by atoms with Gasteiger partial charge in [-0.15, -0.1) is 11.3 Å². The van der Waals surface area contributed by atoms with E-state index in [2.05, 4.69) is 15.9 Å². The molecular formula is C5H2BrFO2S. The van der Waals surface area contributed by atoms with Gasteiger partial charge in [-0.2, -0.15) is 0 Å². The third-order valence-electron chi connectivity index (χ3n) is 0.856. The Balaban J connectivity index is 3.10. The number of halogens is 2. The zero-order chi connectivity index (χ0) is 7.72. The molecule has 1 aromatic heterocycles. The van der Waals surface area contributed by atoms with Crippen molar-refractivity contribution in [2.24, 2.45) is 0 Å². The standard InChI is InChI=1S/C5H2BrFO2S/c6-4-2(7)1-3(10-4)5(8)9/h1H,(H,8,9). The van der Waals surface area contributed by atoms with Gasteiger partial charge in [0, 0.05) is 6.07 Å². The number of thiophene rings is 1. The molecule has 2 nitrogen and oxygen atoms in total. The van der Waals surface area contributed by atoms with Gasteiger partial charge in [-0.25, -0.2) is 9.18 Å². The van der Waals surface area contributed by atoms with Crippen LogP contribution in [-0.2, 0) is 0 Å². The summed E-state index contributed by atoms with van der Waals surface area (Å²) in [6, 6.07) is 0.983. The van der Waals surface area contributed by atoms with E-state index in [0.717, 1.165) is 17.4 Å². The van der Waals surface area contributed by atoms with Crippen LogP contribution in [-0.4, -0.2) is 11.1 Å². The second-order valence-corrected chi connectivity index (χ2v) is 3.91. The van der Waals surface area contributed by atoms with Gasteiger partial charge in [0.25, 0.3) is 0 Å². The Bertz CT molecular complexity index is 251. The molecule has 0 aliphatic carbocycles. The summed E-state index contributed by atoms with van der Waals surface area (Å²) in [5.74, 6) is -1.63. The Morgan fingerprint density at radius 3 is 2.60 bits per heavy atom. The van der Waals surface area contributed by atoms with Crippen LogP contribution in [0.5, 0.6) is 0 Å². The van der Waals surface area contributed by atoms with E-state index in [1.165, 1.54) is 0 Å². The largest absolute Gasteiger partial charge is 0.477 e. The monoisotopic (exact) mass is 224 g/mol. The summed E-state index contributed by atoms with van der Waals surface area (Å²) in [5.41, 5.74) is 0. The molecule has 1 heterocycles. The zero-order valence-electron chi connectivity index (χ0n) is 4.60. The minimum absolute atomic E-state index is 0.00405. The molecule has 0 fully saturated rings. The summed E-state index contributed by atoms with van der Waals surface area (Å²) in [6.45, 7) is 0.